The van der Waals surface area contributed by atoms with Crippen LogP contribution in [0.25, 0.3) is 0 Å². The number of hydrogen-bond donors (Lipinski definition) is 0. The van der Waals surface area contributed by atoms with Crippen LogP contribution in [0.15, 0.2) is 42.5 Å². The molecule has 0 unspecified atom stereocenters. The van der Waals surface area contributed by atoms with Gasteiger partial charge in [-0.25, -0.2) is 0 Å². The number of rotatable bonds is 4. The average molecular weight is 372 g/mol. The summed E-state index contributed by atoms with van der Waals surface area (Å²) >= 11 is 5.97. The van der Waals surface area contributed by atoms with Crippen molar-refractivity contribution in [2.45, 2.75) is 19.8 Å². The topological polar surface area (TPSA) is 46.6 Å². The van der Waals surface area contributed by atoms with E-state index in [1.807, 2.05) is 31.2 Å². The Kier molecular flexibility index (Phi) is 5.62. The lowest BCUT2D eigenvalue weighted by Gasteiger charge is -2.31. The summed E-state index contributed by atoms with van der Waals surface area (Å²) in [5.41, 5.74) is 2.39. The fourth-order valence-corrected chi connectivity index (χ4v) is 3.47. The predicted octanol–water partition coefficient (Wildman–Crippen LogP) is 4.39. The van der Waals surface area contributed by atoms with Crippen LogP contribution in [-0.4, -0.2) is 36.8 Å². The molecule has 1 fully saturated rings. The minimum Gasteiger partial charge on any atom is -0.496 e. The van der Waals surface area contributed by atoms with Crippen molar-refractivity contribution in [3.8, 4) is 5.75 Å². The summed E-state index contributed by atoms with van der Waals surface area (Å²) < 4.78 is 5.28. The number of benzene rings is 2. The molecule has 1 amide bonds. The molecule has 136 valence electrons. The van der Waals surface area contributed by atoms with Gasteiger partial charge in [0.25, 0.3) is 5.91 Å². The van der Waals surface area contributed by atoms with Crippen molar-refractivity contribution < 1.29 is 14.3 Å². The van der Waals surface area contributed by atoms with E-state index in [4.69, 9.17) is 16.3 Å². The largest absolute Gasteiger partial charge is 0.496 e. The maximum Gasteiger partial charge on any atom is 0.257 e. The second-order valence-electron chi connectivity index (χ2n) is 6.64. The van der Waals surface area contributed by atoms with E-state index in [1.165, 1.54) is 7.11 Å². The number of nitrogens with zero attached hydrogens (tertiary/aromatic N) is 1. The number of piperidine rings is 1. The fourth-order valence-electron chi connectivity index (χ4n) is 3.31. The SMILES string of the molecule is COc1cc(Cl)ccc1C(=O)N1CCC(C(=O)c2ccc(C)cc2)CC1. The summed E-state index contributed by atoms with van der Waals surface area (Å²) in [6.45, 7) is 3.13. The molecule has 26 heavy (non-hydrogen) atoms. The van der Waals surface area contributed by atoms with Gasteiger partial charge in [-0.1, -0.05) is 41.4 Å². The maximum absolute atomic E-state index is 12.8. The van der Waals surface area contributed by atoms with Crippen LogP contribution in [0.2, 0.25) is 5.02 Å². The third-order valence-corrected chi connectivity index (χ3v) is 5.12. The van der Waals surface area contributed by atoms with Gasteiger partial charge in [0, 0.05) is 29.6 Å². The van der Waals surface area contributed by atoms with E-state index >= 15 is 0 Å². The number of carbonyl (C=O) groups excluding carboxylic acids is 2. The van der Waals surface area contributed by atoms with Gasteiger partial charge in [0.1, 0.15) is 5.75 Å². The van der Waals surface area contributed by atoms with E-state index in [-0.39, 0.29) is 17.6 Å². The number of Topliss-reactive ketones (excluding diaryl/α,β-unsaturated/α-hetero) is 1. The molecule has 1 aliphatic rings. The van der Waals surface area contributed by atoms with Gasteiger partial charge in [-0.05, 0) is 38.0 Å². The summed E-state index contributed by atoms with van der Waals surface area (Å²) in [5, 5.41) is 0.529. The number of amides is 1. The number of aryl methyl sites for hydroxylation is 1. The smallest absolute Gasteiger partial charge is 0.257 e. The number of halogens is 1. The first-order valence-corrected chi connectivity index (χ1v) is 9.11. The molecule has 0 bridgehead atoms. The second kappa shape index (κ2) is 7.92. The van der Waals surface area contributed by atoms with Gasteiger partial charge >= 0.3 is 0 Å². The normalized spacial score (nSPS) is 15.0. The number of carbonyl (C=O) groups is 2. The molecular formula is C21H22ClNO3. The second-order valence-corrected chi connectivity index (χ2v) is 7.08. The van der Waals surface area contributed by atoms with E-state index < -0.39 is 0 Å². The Bertz CT molecular complexity index is 809. The van der Waals surface area contributed by atoms with Crippen LogP contribution in [0.3, 0.4) is 0 Å². The van der Waals surface area contributed by atoms with Crippen LogP contribution >= 0.6 is 11.6 Å². The van der Waals surface area contributed by atoms with Gasteiger partial charge in [0.15, 0.2) is 5.78 Å². The number of ether oxygens (including phenoxy) is 1. The highest BCUT2D eigenvalue weighted by atomic mass is 35.5. The maximum atomic E-state index is 12.8. The molecule has 3 rings (SSSR count). The van der Waals surface area contributed by atoms with Crippen molar-refractivity contribution in [1.82, 2.24) is 4.90 Å². The van der Waals surface area contributed by atoms with Crippen molar-refractivity contribution in [1.29, 1.82) is 0 Å². The first-order valence-electron chi connectivity index (χ1n) is 8.73. The molecule has 1 aliphatic heterocycles. The Hall–Kier alpha value is -2.33. The highest BCUT2D eigenvalue weighted by Gasteiger charge is 2.29. The number of hydrogen-bond acceptors (Lipinski definition) is 3. The molecule has 2 aromatic rings. The fraction of sp³-hybridized carbons (Fsp3) is 0.333. The third-order valence-electron chi connectivity index (χ3n) is 4.88. The first-order chi connectivity index (χ1) is 12.5. The zero-order valence-electron chi connectivity index (χ0n) is 15.0. The van der Waals surface area contributed by atoms with Gasteiger partial charge in [-0.3, -0.25) is 9.59 Å². The number of ketones is 1. The van der Waals surface area contributed by atoms with E-state index in [1.54, 1.807) is 23.1 Å². The molecule has 0 atom stereocenters. The molecule has 5 heteroatoms. The molecule has 0 N–H and O–H groups in total. The Morgan fingerprint density at radius 1 is 1.08 bits per heavy atom. The first kappa shape index (κ1) is 18.5. The van der Waals surface area contributed by atoms with Crippen LogP contribution in [-0.2, 0) is 0 Å². The molecule has 0 radical (unpaired) electrons. The Morgan fingerprint density at radius 2 is 1.73 bits per heavy atom. The Balaban J connectivity index is 1.65. The molecule has 2 aromatic carbocycles. The van der Waals surface area contributed by atoms with Gasteiger partial charge < -0.3 is 9.64 Å². The summed E-state index contributed by atoms with van der Waals surface area (Å²) in [5.74, 6) is 0.523. The minimum atomic E-state index is -0.0836. The van der Waals surface area contributed by atoms with Crippen LogP contribution in [0.5, 0.6) is 5.75 Å². The zero-order chi connectivity index (χ0) is 18.7. The van der Waals surface area contributed by atoms with Crippen LogP contribution in [0, 0.1) is 12.8 Å². The molecule has 0 spiro atoms. The van der Waals surface area contributed by atoms with E-state index in [9.17, 15) is 9.59 Å². The highest BCUT2D eigenvalue weighted by Crippen LogP contribution is 2.27. The number of likely N-dealkylation sites (tertiary alicyclic amines) is 1. The van der Waals surface area contributed by atoms with Crippen molar-refractivity contribution >= 4 is 23.3 Å². The van der Waals surface area contributed by atoms with Gasteiger partial charge in [0.05, 0.1) is 12.7 Å². The van der Waals surface area contributed by atoms with Gasteiger partial charge in [-0.15, -0.1) is 0 Å². The van der Waals surface area contributed by atoms with E-state index in [2.05, 4.69) is 0 Å². The predicted molar refractivity (Wildman–Crippen MR) is 102 cm³/mol. The molecule has 0 aromatic heterocycles. The Morgan fingerprint density at radius 3 is 2.35 bits per heavy atom. The number of methoxy groups -OCH3 is 1. The van der Waals surface area contributed by atoms with Crippen molar-refractivity contribution in [3.05, 3.63) is 64.2 Å². The van der Waals surface area contributed by atoms with Crippen molar-refractivity contribution in [2.24, 2.45) is 5.92 Å². The molecule has 1 saturated heterocycles. The summed E-state index contributed by atoms with van der Waals surface area (Å²) in [7, 11) is 1.52. The molecule has 0 aliphatic carbocycles. The molecular weight excluding hydrogens is 350 g/mol. The van der Waals surface area contributed by atoms with Gasteiger partial charge in [0.2, 0.25) is 0 Å². The van der Waals surface area contributed by atoms with Crippen molar-refractivity contribution in [2.75, 3.05) is 20.2 Å². The molecule has 0 saturated carbocycles. The van der Waals surface area contributed by atoms with E-state index in [0.717, 1.165) is 11.1 Å². The lowest BCUT2D eigenvalue weighted by atomic mass is 9.88. The van der Waals surface area contributed by atoms with Gasteiger partial charge in [-0.2, -0.15) is 0 Å². The monoisotopic (exact) mass is 371 g/mol. The molecule has 4 nitrogen and oxygen atoms in total. The summed E-state index contributed by atoms with van der Waals surface area (Å²) in [6.07, 6.45) is 1.35. The summed E-state index contributed by atoms with van der Waals surface area (Å²) in [6, 6.07) is 12.7. The van der Waals surface area contributed by atoms with Crippen molar-refractivity contribution in [3.63, 3.8) is 0 Å². The Labute approximate surface area is 158 Å². The summed E-state index contributed by atoms with van der Waals surface area (Å²) in [4.78, 5) is 27.2. The highest BCUT2D eigenvalue weighted by molar-refractivity contribution is 6.30. The van der Waals surface area contributed by atoms with Crippen LogP contribution in [0.1, 0.15) is 39.1 Å². The standard InChI is InChI=1S/C21H22ClNO3/c1-14-3-5-15(6-4-14)20(24)16-9-11-23(12-10-16)21(25)18-8-7-17(22)13-19(18)26-2/h3-8,13,16H,9-12H2,1-2H3. The minimum absolute atomic E-state index is 0.0335. The van der Waals surface area contributed by atoms with Crippen LogP contribution in [0.4, 0.5) is 0 Å². The lowest BCUT2D eigenvalue weighted by Crippen LogP contribution is -2.40. The lowest BCUT2D eigenvalue weighted by molar-refractivity contribution is 0.0647. The third kappa shape index (κ3) is 3.91. The average Bonchev–Trinajstić information content (AvgIpc) is 2.67. The van der Waals surface area contributed by atoms with Crippen LogP contribution < -0.4 is 4.74 Å². The van der Waals surface area contributed by atoms with E-state index in [0.29, 0.717) is 42.3 Å². The molecule has 1 heterocycles. The quantitative estimate of drug-likeness (QED) is 0.749. The zero-order valence-corrected chi connectivity index (χ0v) is 15.8.